The Hall–Kier alpha value is -0.270. The Morgan fingerprint density at radius 2 is 2.06 bits per heavy atom. The monoisotopic (exact) mass is 378 g/mol. The Morgan fingerprint density at radius 1 is 1.29 bits per heavy atom. The van der Waals surface area contributed by atoms with Gasteiger partial charge in [0.05, 0.1) is 9.83 Å². The molecule has 2 nitrogen and oxygen atoms in total. The number of halogens is 3. The number of thiophene rings is 1. The first-order valence-corrected chi connectivity index (χ1v) is 7.18. The molecule has 1 unspecified atom stereocenters. The van der Waals surface area contributed by atoms with Crippen molar-refractivity contribution in [1.82, 2.24) is 5.43 Å². The van der Waals surface area contributed by atoms with Crippen LogP contribution in [-0.4, -0.2) is 0 Å². The third kappa shape index (κ3) is 2.95. The van der Waals surface area contributed by atoms with Gasteiger partial charge in [-0.15, -0.1) is 11.3 Å². The lowest BCUT2D eigenvalue weighted by molar-refractivity contribution is 0.608. The van der Waals surface area contributed by atoms with E-state index in [2.05, 4.69) is 37.3 Å². The average Bonchev–Trinajstić information content (AvgIpc) is 2.60. The first-order valence-electron chi connectivity index (χ1n) is 4.78. The normalized spacial score (nSPS) is 12.7. The van der Waals surface area contributed by atoms with Crippen LogP contribution in [0, 0.1) is 5.82 Å². The number of hydrazine groups is 1. The Labute approximate surface area is 119 Å². The van der Waals surface area contributed by atoms with Gasteiger partial charge in [-0.1, -0.05) is 12.1 Å². The van der Waals surface area contributed by atoms with Crippen molar-refractivity contribution in [3.8, 4) is 0 Å². The van der Waals surface area contributed by atoms with Crippen molar-refractivity contribution in [3.05, 3.63) is 54.8 Å². The summed E-state index contributed by atoms with van der Waals surface area (Å²) in [5.41, 5.74) is 3.50. The van der Waals surface area contributed by atoms with Gasteiger partial charge in [0, 0.05) is 9.35 Å². The molecular formula is C11H9Br2FN2S. The molecule has 0 saturated heterocycles. The standard InChI is InChI=1S/C11H9Br2FN2S/c12-8-5-9(17-11(8)13)10(16-15)6-2-1-3-7(14)4-6/h1-5,10,16H,15H2. The zero-order chi connectivity index (χ0) is 12.4. The summed E-state index contributed by atoms with van der Waals surface area (Å²) in [4.78, 5) is 1.01. The van der Waals surface area contributed by atoms with Crippen molar-refractivity contribution in [2.45, 2.75) is 6.04 Å². The van der Waals surface area contributed by atoms with E-state index < -0.39 is 0 Å². The summed E-state index contributed by atoms with van der Waals surface area (Å²) in [5.74, 6) is 5.28. The molecular weight excluding hydrogens is 371 g/mol. The first kappa shape index (κ1) is 13.2. The van der Waals surface area contributed by atoms with Gasteiger partial charge in [-0.2, -0.15) is 0 Å². The summed E-state index contributed by atoms with van der Waals surface area (Å²) >= 11 is 8.40. The minimum absolute atomic E-state index is 0.210. The van der Waals surface area contributed by atoms with Crippen LogP contribution in [0.5, 0.6) is 0 Å². The van der Waals surface area contributed by atoms with Gasteiger partial charge >= 0.3 is 0 Å². The largest absolute Gasteiger partial charge is 0.271 e. The van der Waals surface area contributed by atoms with Crippen molar-refractivity contribution in [3.63, 3.8) is 0 Å². The van der Waals surface area contributed by atoms with Gasteiger partial charge in [0.1, 0.15) is 5.82 Å². The molecule has 0 fully saturated rings. The summed E-state index contributed by atoms with van der Waals surface area (Å²) < 4.78 is 15.1. The van der Waals surface area contributed by atoms with Crippen LogP contribution in [0.3, 0.4) is 0 Å². The maximum absolute atomic E-state index is 13.2. The van der Waals surface area contributed by atoms with E-state index in [-0.39, 0.29) is 11.9 Å². The summed E-state index contributed by atoms with van der Waals surface area (Å²) in [6.07, 6.45) is 0. The number of nitrogens with two attached hydrogens (primary N) is 1. The Kier molecular flexibility index (Phi) is 4.32. The first-order chi connectivity index (χ1) is 8.11. The van der Waals surface area contributed by atoms with E-state index in [1.807, 2.05) is 12.1 Å². The SMILES string of the molecule is NNC(c1cccc(F)c1)c1cc(Br)c(Br)s1. The van der Waals surface area contributed by atoms with Crippen molar-refractivity contribution in [2.24, 2.45) is 5.84 Å². The molecule has 90 valence electrons. The van der Waals surface area contributed by atoms with Crippen molar-refractivity contribution in [2.75, 3.05) is 0 Å². The van der Waals surface area contributed by atoms with Crippen molar-refractivity contribution in [1.29, 1.82) is 0 Å². The van der Waals surface area contributed by atoms with Gasteiger partial charge in [0.15, 0.2) is 0 Å². The van der Waals surface area contributed by atoms with Crippen LogP contribution in [0.4, 0.5) is 4.39 Å². The third-order valence-electron chi connectivity index (χ3n) is 2.30. The fraction of sp³-hybridized carbons (Fsp3) is 0.0909. The zero-order valence-corrected chi connectivity index (χ0v) is 12.6. The predicted molar refractivity (Wildman–Crippen MR) is 75.3 cm³/mol. The second-order valence-corrected chi connectivity index (χ2v) is 6.68. The van der Waals surface area contributed by atoms with Gasteiger partial charge in [-0.3, -0.25) is 5.84 Å². The molecule has 0 radical (unpaired) electrons. The van der Waals surface area contributed by atoms with E-state index in [1.165, 1.54) is 12.1 Å². The Morgan fingerprint density at radius 3 is 2.59 bits per heavy atom. The molecule has 17 heavy (non-hydrogen) atoms. The lowest BCUT2D eigenvalue weighted by Gasteiger charge is -2.14. The molecule has 0 amide bonds. The van der Waals surface area contributed by atoms with Crippen LogP contribution >= 0.6 is 43.2 Å². The maximum Gasteiger partial charge on any atom is 0.123 e. The van der Waals surface area contributed by atoms with Crippen LogP contribution in [0.1, 0.15) is 16.5 Å². The molecule has 0 aliphatic rings. The van der Waals surface area contributed by atoms with Gasteiger partial charge in [0.25, 0.3) is 0 Å². The molecule has 0 bridgehead atoms. The lowest BCUT2D eigenvalue weighted by Crippen LogP contribution is -2.28. The minimum Gasteiger partial charge on any atom is -0.271 e. The molecule has 0 aliphatic heterocycles. The average molecular weight is 380 g/mol. The molecule has 0 spiro atoms. The van der Waals surface area contributed by atoms with E-state index >= 15 is 0 Å². The molecule has 3 N–H and O–H groups in total. The van der Waals surface area contributed by atoms with E-state index in [0.29, 0.717) is 0 Å². The summed E-state index contributed by atoms with van der Waals surface area (Å²) in [6.45, 7) is 0. The Bertz CT molecular complexity index is 510. The fourth-order valence-corrected chi connectivity index (χ4v) is 3.71. The summed E-state index contributed by atoms with van der Waals surface area (Å²) in [7, 11) is 0. The molecule has 6 heteroatoms. The van der Waals surface area contributed by atoms with Crippen LogP contribution in [0.15, 0.2) is 38.6 Å². The highest BCUT2D eigenvalue weighted by atomic mass is 79.9. The third-order valence-corrected chi connectivity index (χ3v) is 5.62. The highest BCUT2D eigenvalue weighted by Gasteiger charge is 2.16. The van der Waals surface area contributed by atoms with Crippen LogP contribution in [0.25, 0.3) is 0 Å². The molecule has 0 aliphatic carbocycles. The second-order valence-electron chi connectivity index (χ2n) is 3.43. The van der Waals surface area contributed by atoms with Gasteiger partial charge in [-0.05, 0) is 55.6 Å². The fourth-order valence-electron chi connectivity index (χ4n) is 1.53. The molecule has 0 saturated carbocycles. The highest BCUT2D eigenvalue weighted by molar-refractivity contribution is 9.13. The van der Waals surface area contributed by atoms with Gasteiger partial charge < -0.3 is 0 Å². The zero-order valence-electron chi connectivity index (χ0n) is 8.58. The van der Waals surface area contributed by atoms with Crippen molar-refractivity contribution >= 4 is 43.2 Å². The maximum atomic E-state index is 13.2. The second kappa shape index (κ2) is 5.58. The number of hydrogen-bond acceptors (Lipinski definition) is 3. The molecule has 1 atom stereocenters. The predicted octanol–water partition coefficient (Wildman–Crippen LogP) is 3.96. The van der Waals surface area contributed by atoms with E-state index in [1.54, 1.807) is 17.4 Å². The minimum atomic E-state index is -0.266. The van der Waals surface area contributed by atoms with Gasteiger partial charge in [0.2, 0.25) is 0 Å². The summed E-state index contributed by atoms with van der Waals surface area (Å²) in [5, 5.41) is 0. The molecule has 2 aromatic rings. The number of nitrogens with one attached hydrogen (secondary N) is 1. The highest BCUT2D eigenvalue weighted by Crippen LogP contribution is 2.37. The van der Waals surface area contributed by atoms with E-state index in [4.69, 9.17) is 5.84 Å². The quantitative estimate of drug-likeness (QED) is 0.625. The molecule has 1 aromatic heterocycles. The van der Waals surface area contributed by atoms with Crippen LogP contribution in [0.2, 0.25) is 0 Å². The van der Waals surface area contributed by atoms with Gasteiger partial charge in [-0.25, -0.2) is 9.82 Å². The molecule has 1 aromatic carbocycles. The topological polar surface area (TPSA) is 38.0 Å². The molecule has 2 rings (SSSR count). The molecule has 1 heterocycles. The number of rotatable bonds is 3. The number of hydrogen-bond donors (Lipinski definition) is 2. The smallest absolute Gasteiger partial charge is 0.123 e. The summed E-state index contributed by atoms with van der Waals surface area (Å²) in [6, 6.07) is 8.16. The van der Waals surface area contributed by atoms with Crippen molar-refractivity contribution < 1.29 is 4.39 Å². The van der Waals surface area contributed by atoms with Crippen LogP contribution in [-0.2, 0) is 0 Å². The van der Waals surface area contributed by atoms with E-state index in [0.717, 1.165) is 18.7 Å². The number of benzene rings is 1. The van der Waals surface area contributed by atoms with E-state index in [9.17, 15) is 4.39 Å². The lowest BCUT2D eigenvalue weighted by atomic mass is 10.1. The Balaban J connectivity index is 2.39. The van der Waals surface area contributed by atoms with Crippen LogP contribution < -0.4 is 11.3 Å².